The number of rotatable bonds is 5. The second-order valence-corrected chi connectivity index (χ2v) is 5.75. The van der Waals surface area contributed by atoms with Crippen LogP contribution in [0.1, 0.15) is 5.56 Å². The molecule has 1 aromatic carbocycles. The normalized spacial score (nSPS) is 15.4. The molecule has 1 aromatic heterocycles. The third-order valence-electron chi connectivity index (χ3n) is 4.29. The van der Waals surface area contributed by atoms with Gasteiger partial charge in [-0.15, -0.1) is 0 Å². The number of hydrogen-bond acceptors (Lipinski definition) is 5. The summed E-state index contributed by atoms with van der Waals surface area (Å²) in [6.45, 7) is 3.96. The van der Waals surface area contributed by atoms with Crippen molar-refractivity contribution in [3.8, 4) is 11.5 Å². The van der Waals surface area contributed by atoms with Gasteiger partial charge in [-0.1, -0.05) is 0 Å². The Kier molecular flexibility index (Phi) is 5.15. The van der Waals surface area contributed by atoms with Gasteiger partial charge in [0.15, 0.2) is 11.6 Å². The molecule has 0 amide bonds. The zero-order valence-electron chi connectivity index (χ0n) is 14.0. The maximum atomic E-state index is 13.9. The maximum Gasteiger partial charge on any atom is 0.165 e. The van der Waals surface area contributed by atoms with E-state index in [-0.39, 0.29) is 5.82 Å². The molecule has 0 bridgehead atoms. The van der Waals surface area contributed by atoms with E-state index in [1.807, 2.05) is 23.1 Å². The van der Waals surface area contributed by atoms with Crippen LogP contribution in [0.3, 0.4) is 0 Å². The standard InChI is InChI=1S/C18H22FN3O2/c1-23-15-5-6-17(24-2)14(12-15)13-21-8-10-22(11-9-21)18-16(19)4-3-7-20-18/h3-7,12H,8-11,13H2,1-2H3. The minimum absolute atomic E-state index is 0.264. The second-order valence-electron chi connectivity index (χ2n) is 5.75. The van der Waals surface area contributed by atoms with Crippen LogP contribution in [-0.2, 0) is 6.54 Å². The maximum absolute atomic E-state index is 13.9. The van der Waals surface area contributed by atoms with Crippen LogP contribution in [0.25, 0.3) is 0 Å². The van der Waals surface area contributed by atoms with Crippen molar-refractivity contribution >= 4 is 5.82 Å². The third-order valence-corrected chi connectivity index (χ3v) is 4.29. The lowest BCUT2D eigenvalue weighted by molar-refractivity contribution is 0.244. The van der Waals surface area contributed by atoms with Gasteiger partial charge in [-0.3, -0.25) is 4.90 Å². The molecular weight excluding hydrogens is 309 g/mol. The molecule has 0 atom stereocenters. The molecule has 3 rings (SSSR count). The Morgan fingerprint density at radius 2 is 1.88 bits per heavy atom. The van der Waals surface area contributed by atoms with Gasteiger partial charge in [0.05, 0.1) is 14.2 Å². The van der Waals surface area contributed by atoms with Gasteiger partial charge in [-0.25, -0.2) is 9.37 Å². The van der Waals surface area contributed by atoms with Gasteiger partial charge < -0.3 is 14.4 Å². The molecule has 24 heavy (non-hydrogen) atoms. The molecule has 0 radical (unpaired) electrons. The lowest BCUT2D eigenvalue weighted by Crippen LogP contribution is -2.46. The first kappa shape index (κ1) is 16.5. The zero-order chi connectivity index (χ0) is 16.9. The number of halogens is 1. The summed E-state index contributed by atoms with van der Waals surface area (Å²) in [4.78, 5) is 8.48. The van der Waals surface area contributed by atoms with Crippen molar-refractivity contribution in [2.45, 2.75) is 6.54 Å². The summed E-state index contributed by atoms with van der Waals surface area (Å²) in [5, 5.41) is 0. The molecule has 0 N–H and O–H groups in total. The molecule has 2 heterocycles. The number of nitrogens with zero attached hydrogens (tertiary/aromatic N) is 3. The Bertz CT molecular complexity index is 688. The Morgan fingerprint density at radius 3 is 2.54 bits per heavy atom. The largest absolute Gasteiger partial charge is 0.497 e. The summed E-state index contributed by atoms with van der Waals surface area (Å²) in [6, 6.07) is 8.89. The molecule has 128 valence electrons. The zero-order valence-corrected chi connectivity index (χ0v) is 14.0. The quantitative estimate of drug-likeness (QED) is 0.842. The van der Waals surface area contributed by atoms with Gasteiger partial charge in [-0.05, 0) is 30.3 Å². The minimum atomic E-state index is -0.264. The Morgan fingerprint density at radius 1 is 1.08 bits per heavy atom. The van der Waals surface area contributed by atoms with E-state index in [0.717, 1.165) is 49.8 Å². The average Bonchev–Trinajstić information content (AvgIpc) is 2.63. The lowest BCUT2D eigenvalue weighted by atomic mass is 10.1. The molecule has 2 aromatic rings. The van der Waals surface area contributed by atoms with Gasteiger partial charge in [-0.2, -0.15) is 0 Å². The van der Waals surface area contributed by atoms with Gasteiger partial charge >= 0.3 is 0 Å². The van der Waals surface area contributed by atoms with E-state index >= 15 is 0 Å². The molecule has 0 spiro atoms. The number of pyridine rings is 1. The average molecular weight is 331 g/mol. The van der Waals surface area contributed by atoms with Gasteiger partial charge in [0.2, 0.25) is 0 Å². The molecule has 1 aliphatic heterocycles. The van der Waals surface area contributed by atoms with Crippen molar-refractivity contribution < 1.29 is 13.9 Å². The first-order chi connectivity index (χ1) is 11.7. The van der Waals surface area contributed by atoms with E-state index in [2.05, 4.69) is 9.88 Å². The van der Waals surface area contributed by atoms with Crippen LogP contribution >= 0.6 is 0 Å². The Hall–Kier alpha value is -2.34. The number of hydrogen-bond donors (Lipinski definition) is 0. The van der Waals surface area contributed by atoms with Crippen molar-refractivity contribution in [1.82, 2.24) is 9.88 Å². The highest BCUT2D eigenvalue weighted by Crippen LogP contribution is 2.26. The van der Waals surface area contributed by atoms with E-state index in [4.69, 9.17) is 9.47 Å². The number of benzene rings is 1. The van der Waals surface area contributed by atoms with Crippen molar-refractivity contribution in [2.24, 2.45) is 0 Å². The number of piperazine rings is 1. The van der Waals surface area contributed by atoms with E-state index in [1.54, 1.807) is 26.5 Å². The van der Waals surface area contributed by atoms with Gasteiger partial charge in [0.1, 0.15) is 11.5 Å². The van der Waals surface area contributed by atoms with Crippen LogP contribution in [0, 0.1) is 5.82 Å². The fourth-order valence-corrected chi connectivity index (χ4v) is 2.97. The van der Waals surface area contributed by atoms with E-state index in [9.17, 15) is 4.39 Å². The van der Waals surface area contributed by atoms with Crippen molar-refractivity contribution in [3.05, 3.63) is 47.9 Å². The molecular formula is C18H22FN3O2. The lowest BCUT2D eigenvalue weighted by Gasteiger charge is -2.35. The number of methoxy groups -OCH3 is 2. The first-order valence-electron chi connectivity index (χ1n) is 8.00. The molecule has 0 unspecified atom stereocenters. The van der Waals surface area contributed by atoms with Crippen LogP contribution < -0.4 is 14.4 Å². The fourth-order valence-electron chi connectivity index (χ4n) is 2.97. The van der Waals surface area contributed by atoms with Crippen molar-refractivity contribution in [3.63, 3.8) is 0 Å². The third kappa shape index (κ3) is 3.59. The predicted octanol–water partition coefficient (Wildman–Crippen LogP) is 2.56. The van der Waals surface area contributed by atoms with Crippen molar-refractivity contribution in [2.75, 3.05) is 45.3 Å². The van der Waals surface area contributed by atoms with Crippen LogP contribution in [0.5, 0.6) is 11.5 Å². The summed E-state index contributed by atoms with van der Waals surface area (Å²) in [5.41, 5.74) is 1.09. The van der Waals surface area contributed by atoms with Gasteiger partial charge in [0.25, 0.3) is 0 Å². The van der Waals surface area contributed by atoms with Crippen LogP contribution in [0.4, 0.5) is 10.2 Å². The highest BCUT2D eigenvalue weighted by molar-refractivity contribution is 5.41. The molecule has 1 aliphatic rings. The molecule has 5 nitrogen and oxygen atoms in total. The summed E-state index contributed by atoms with van der Waals surface area (Å²) < 4.78 is 24.6. The molecule has 1 fully saturated rings. The molecule has 0 saturated carbocycles. The van der Waals surface area contributed by atoms with Crippen molar-refractivity contribution in [1.29, 1.82) is 0 Å². The summed E-state index contributed by atoms with van der Waals surface area (Å²) in [5.74, 6) is 1.85. The SMILES string of the molecule is COc1ccc(OC)c(CN2CCN(c3ncccc3F)CC2)c1. The number of anilines is 1. The molecule has 6 heteroatoms. The highest BCUT2D eigenvalue weighted by atomic mass is 19.1. The Balaban J connectivity index is 1.64. The number of aromatic nitrogens is 1. The van der Waals surface area contributed by atoms with E-state index in [0.29, 0.717) is 5.82 Å². The topological polar surface area (TPSA) is 37.8 Å². The van der Waals surface area contributed by atoms with Crippen LogP contribution in [0.15, 0.2) is 36.5 Å². The Labute approximate surface area is 141 Å². The predicted molar refractivity (Wildman–Crippen MR) is 91.2 cm³/mol. The molecule has 0 aliphatic carbocycles. The smallest absolute Gasteiger partial charge is 0.165 e. The summed E-state index contributed by atoms with van der Waals surface area (Å²) >= 11 is 0. The minimum Gasteiger partial charge on any atom is -0.497 e. The summed E-state index contributed by atoms with van der Waals surface area (Å²) in [6.07, 6.45) is 1.63. The monoisotopic (exact) mass is 331 g/mol. The van der Waals surface area contributed by atoms with E-state index < -0.39 is 0 Å². The van der Waals surface area contributed by atoms with Crippen LogP contribution in [-0.4, -0.2) is 50.3 Å². The number of ether oxygens (including phenoxy) is 2. The summed E-state index contributed by atoms with van der Waals surface area (Å²) in [7, 11) is 3.33. The highest BCUT2D eigenvalue weighted by Gasteiger charge is 2.21. The van der Waals surface area contributed by atoms with Gasteiger partial charge in [0, 0.05) is 44.5 Å². The van der Waals surface area contributed by atoms with E-state index in [1.165, 1.54) is 6.07 Å². The van der Waals surface area contributed by atoms with Crippen LogP contribution in [0.2, 0.25) is 0 Å². The fraction of sp³-hybridized carbons (Fsp3) is 0.389. The molecule has 1 saturated heterocycles. The first-order valence-corrected chi connectivity index (χ1v) is 8.00. The second kappa shape index (κ2) is 7.49.